The maximum atomic E-state index is 6.33. The van der Waals surface area contributed by atoms with Crippen molar-refractivity contribution in [1.82, 2.24) is 0 Å². The molecule has 0 aromatic heterocycles. The van der Waals surface area contributed by atoms with Gasteiger partial charge in [0, 0.05) is 16.7 Å². The van der Waals surface area contributed by atoms with Crippen LogP contribution >= 0.6 is 11.8 Å². The Kier molecular flexibility index (Phi) is 5.89. The van der Waals surface area contributed by atoms with Crippen LogP contribution < -0.4 is 5.73 Å². The number of thioether (sulfide) groups is 1. The summed E-state index contributed by atoms with van der Waals surface area (Å²) in [7, 11) is 0. The number of nitrogens with two attached hydrogens (primary N) is 1. The third-order valence-electron chi connectivity index (χ3n) is 3.70. The Morgan fingerprint density at radius 3 is 2.38 bits per heavy atom. The molecule has 1 atom stereocenters. The first-order chi connectivity index (χ1) is 10.1. The first-order valence-electron chi connectivity index (χ1n) is 7.64. The van der Waals surface area contributed by atoms with E-state index in [1.807, 2.05) is 11.8 Å². The standard InChI is InChI=1S/C19H25NS/c1-4-5-16-7-9-17(10-8-16)18(20)13-21-19-11-6-14(2)12-15(19)3/h6-12,18H,4-5,13,20H2,1-3H3. The van der Waals surface area contributed by atoms with Gasteiger partial charge in [-0.25, -0.2) is 0 Å². The van der Waals surface area contributed by atoms with Gasteiger partial charge < -0.3 is 5.73 Å². The lowest BCUT2D eigenvalue weighted by atomic mass is 10.0. The molecule has 0 radical (unpaired) electrons. The van der Waals surface area contributed by atoms with E-state index in [0.717, 1.165) is 12.2 Å². The summed E-state index contributed by atoms with van der Waals surface area (Å²) in [6, 6.07) is 15.5. The van der Waals surface area contributed by atoms with E-state index < -0.39 is 0 Å². The van der Waals surface area contributed by atoms with Crippen LogP contribution in [0.2, 0.25) is 0 Å². The average Bonchev–Trinajstić information content (AvgIpc) is 2.47. The third-order valence-corrected chi connectivity index (χ3v) is 4.99. The zero-order valence-corrected chi connectivity index (χ0v) is 14.0. The van der Waals surface area contributed by atoms with Crippen LogP contribution in [0.15, 0.2) is 47.4 Å². The predicted molar refractivity (Wildman–Crippen MR) is 94.0 cm³/mol. The molecule has 0 fully saturated rings. The number of aryl methyl sites for hydroxylation is 3. The fourth-order valence-electron chi connectivity index (χ4n) is 2.46. The molecule has 21 heavy (non-hydrogen) atoms. The van der Waals surface area contributed by atoms with Crippen molar-refractivity contribution < 1.29 is 0 Å². The van der Waals surface area contributed by atoms with E-state index in [9.17, 15) is 0 Å². The van der Waals surface area contributed by atoms with E-state index in [0.29, 0.717) is 0 Å². The van der Waals surface area contributed by atoms with Crippen molar-refractivity contribution in [3.8, 4) is 0 Å². The van der Waals surface area contributed by atoms with Gasteiger partial charge in [0.1, 0.15) is 0 Å². The summed E-state index contributed by atoms with van der Waals surface area (Å²) in [5, 5.41) is 0. The second-order valence-electron chi connectivity index (χ2n) is 5.68. The minimum Gasteiger partial charge on any atom is -0.323 e. The molecule has 2 aromatic rings. The zero-order chi connectivity index (χ0) is 15.2. The molecule has 0 saturated carbocycles. The molecule has 0 bridgehead atoms. The Morgan fingerprint density at radius 1 is 1.05 bits per heavy atom. The largest absolute Gasteiger partial charge is 0.323 e. The first-order valence-corrected chi connectivity index (χ1v) is 8.63. The van der Waals surface area contributed by atoms with Crippen LogP contribution in [0.4, 0.5) is 0 Å². The Hall–Kier alpha value is -1.25. The van der Waals surface area contributed by atoms with Gasteiger partial charge in [-0.2, -0.15) is 0 Å². The van der Waals surface area contributed by atoms with Gasteiger partial charge in [0.25, 0.3) is 0 Å². The molecule has 2 rings (SSSR count). The maximum absolute atomic E-state index is 6.33. The minimum absolute atomic E-state index is 0.0892. The molecule has 0 heterocycles. The van der Waals surface area contributed by atoms with Gasteiger partial charge >= 0.3 is 0 Å². The number of rotatable bonds is 6. The molecule has 0 aliphatic rings. The summed E-state index contributed by atoms with van der Waals surface area (Å²) in [5.41, 5.74) is 11.6. The van der Waals surface area contributed by atoms with E-state index in [-0.39, 0.29) is 6.04 Å². The van der Waals surface area contributed by atoms with Gasteiger partial charge in [-0.1, -0.05) is 55.3 Å². The van der Waals surface area contributed by atoms with E-state index >= 15 is 0 Å². The van der Waals surface area contributed by atoms with Crippen molar-refractivity contribution in [3.05, 3.63) is 64.7 Å². The molecule has 0 saturated heterocycles. The first kappa shape index (κ1) is 16.1. The van der Waals surface area contributed by atoms with Gasteiger partial charge in [-0.15, -0.1) is 11.8 Å². The van der Waals surface area contributed by atoms with E-state index in [1.54, 1.807) is 0 Å². The molecule has 1 nitrogen and oxygen atoms in total. The quantitative estimate of drug-likeness (QED) is 0.755. The normalized spacial score (nSPS) is 12.4. The Balaban J connectivity index is 1.96. The van der Waals surface area contributed by atoms with Crippen LogP contribution in [0.1, 0.15) is 41.6 Å². The lowest BCUT2D eigenvalue weighted by Gasteiger charge is -2.13. The molecule has 2 aromatic carbocycles. The highest BCUT2D eigenvalue weighted by molar-refractivity contribution is 7.99. The van der Waals surface area contributed by atoms with Gasteiger partial charge in [0.2, 0.25) is 0 Å². The van der Waals surface area contributed by atoms with Crippen LogP contribution in [-0.2, 0) is 6.42 Å². The molecule has 0 aliphatic carbocycles. The third kappa shape index (κ3) is 4.62. The minimum atomic E-state index is 0.0892. The average molecular weight is 299 g/mol. The number of hydrogen-bond donors (Lipinski definition) is 1. The Bertz CT molecular complexity index is 575. The highest BCUT2D eigenvalue weighted by Crippen LogP contribution is 2.27. The van der Waals surface area contributed by atoms with Crippen molar-refractivity contribution in [1.29, 1.82) is 0 Å². The lowest BCUT2D eigenvalue weighted by Crippen LogP contribution is -2.13. The van der Waals surface area contributed by atoms with Crippen molar-refractivity contribution in [2.24, 2.45) is 5.73 Å². The van der Waals surface area contributed by atoms with E-state index in [1.165, 1.54) is 33.6 Å². The number of benzene rings is 2. The Morgan fingerprint density at radius 2 is 1.76 bits per heavy atom. The van der Waals surface area contributed by atoms with E-state index in [2.05, 4.69) is 63.2 Å². The van der Waals surface area contributed by atoms with Crippen molar-refractivity contribution >= 4 is 11.8 Å². The zero-order valence-electron chi connectivity index (χ0n) is 13.2. The van der Waals surface area contributed by atoms with Gasteiger partial charge in [-0.3, -0.25) is 0 Å². The predicted octanol–water partition coefficient (Wildman–Crippen LogP) is 5.05. The van der Waals surface area contributed by atoms with Crippen molar-refractivity contribution in [2.75, 3.05) is 5.75 Å². The molecule has 2 heteroatoms. The summed E-state index contributed by atoms with van der Waals surface area (Å²) in [6.45, 7) is 6.51. The molecule has 112 valence electrons. The summed E-state index contributed by atoms with van der Waals surface area (Å²) in [4.78, 5) is 1.33. The molecular formula is C19H25NS. The molecule has 1 unspecified atom stereocenters. The van der Waals surface area contributed by atoms with Crippen LogP contribution in [-0.4, -0.2) is 5.75 Å². The monoisotopic (exact) mass is 299 g/mol. The SMILES string of the molecule is CCCc1ccc(C(N)CSc2ccc(C)cc2C)cc1. The van der Waals surface area contributed by atoms with Crippen molar-refractivity contribution in [3.63, 3.8) is 0 Å². The van der Waals surface area contributed by atoms with Gasteiger partial charge in [-0.05, 0) is 43.0 Å². The highest BCUT2D eigenvalue weighted by Gasteiger charge is 2.08. The maximum Gasteiger partial charge on any atom is 0.0390 e. The summed E-state index contributed by atoms with van der Waals surface area (Å²) < 4.78 is 0. The van der Waals surface area contributed by atoms with Crippen LogP contribution in [0.3, 0.4) is 0 Å². The fraction of sp³-hybridized carbons (Fsp3) is 0.368. The molecular weight excluding hydrogens is 274 g/mol. The summed E-state index contributed by atoms with van der Waals surface area (Å²) in [5.74, 6) is 0.914. The van der Waals surface area contributed by atoms with Gasteiger partial charge in [0.15, 0.2) is 0 Å². The van der Waals surface area contributed by atoms with E-state index in [4.69, 9.17) is 5.73 Å². The second-order valence-corrected chi connectivity index (χ2v) is 6.74. The molecule has 0 spiro atoms. The van der Waals surface area contributed by atoms with Crippen LogP contribution in [0.5, 0.6) is 0 Å². The summed E-state index contributed by atoms with van der Waals surface area (Å²) >= 11 is 1.85. The molecule has 2 N–H and O–H groups in total. The summed E-state index contributed by atoms with van der Waals surface area (Å²) in [6.07, 6.45) is 2.33. The topological polar surface area (TPSA) is 26.0 Å². The second kappa shape index (κ2) is 7.67. The van der Waals surface area contributed by atoms with Crippen LogP contribution in [0.25, 0.3) is 0 Å². The fourth-order valence-corrected chi connectivity index (χ4v) is 3.46. The smallest absolute Gasteiger partial charge is 0.0390 e. The molecule has 0 amide bonds. The number of hydrogen-bond acceptors (Lipinski definition) is 2. The van der Waals surface area contributed by atoms with Gasteiger partial charge in [0.05, 0.1) is 0 Å². The molecule has 0 aliphatic heterocycles. The Labute approximate surface area is 133 Å². The highest BCUT2D eigenvalue weighted by atomic mass is 32.2. The van der Waals surface area contributed by atoms with Crippen LogP contribution in [0, 0.1) is 13.8 Å². The van der Waals surface area contributed by atoms with Crippen molar-refractivity contribution in [2.45, 2.75) is 44.6 Å². The lowest BCUT2D eigenvalue weighted by molar-refractivity contribution is 0.828.